The van der Waals surface area contributed by atoms with E-state index in [2.05, 4.69) is 6.58 Å². The molecule has 0 bridgehead atoms. The van der Waals surface area contributed by atoms with E-state index in [9.17, 15) is 13.2 Å². The lowest BCUT2D eigenvalue weighted by Crippen LogP contribution is -2.35. The predicted molar refractivity (Wildman–Crippen MR) is 76.8 cm³/mol. The summed E-state index contributed by atoms with van der Waals surface area (Å²) < 4.78 is 31.2. The zero-order chi connectivity index (χ0) is 15.3. The van der Waals surface area contributed by atoms with Crippen molar-refractivity contribution >= 4 is 27.3 Å². The highest BCUT2D eigenvalue weighted by atomic mass is 32.2. The van der Waals surface area contributed by atoms with Crippen LogP contribution in [0.15, 0.2) is 22.9 Å². The van der Waals surface area contributed by atoms with Gasteiger partial charge in [-0.15, -0.1) is 17.9 Å². The maximum atomic E-state index is 12.6. The summed E-state index contributed by atoms with van der Waals surface area (Å²) >= 11 is 0.908. The summed E-state index contributed by atoms with van der Waals surface area (Å²) in [6.45, 7) is 5.56. The van der Waals surface area contributed by atoms with Gasteiger partial charge in [-0.25, -0.2) is 13.2 Å². The molecule has 0 radical (unpaired) electrons. The van der Waals surface area contributed by atoms with Gasteiger partial charge in [0.05, 0.1) is 6.61 Å². The van der Waals surface area contributed by atoms with Crippen LogP contribution in [0.4, 0.5) is 0 Å². The van der Waals surface area contributed by atoms with E-state index in [4.69, 9.17) is 9.84 Å². The minimum absolute atomic E-state index is 0.0973. The number of aryl methyl sites for hydroxylation is 1. The Labute approximate surface area is 122 Å². The van der Waals surface area contributed by atoms with Crippen LogP contribution in [0, 0.1) is 6.92 Å². The maximum Gasteiger partial charge on any atom is 0.347 e. The molecule has 20 heavy (non-hydrogen) atoms. The molecule has 0 atom stereocenters. The van der Waals surface area contributed by atoms with E-state index < -0.39 is 16.0 Å². The normalized spacial score (nSPS) is 11.8. The van der Waals surface area contributed by atoms with E-state index in [1.807, 2.05) is 0 Å². The first kappa shape index (κ1) is 16.8. The lowest BCUT2D eigenvalue weighted by atomic mass is 10.3. The zero-order valence-corrected chi connectivity index (χ0v) is 13.0. The summed E-state index contributed by atoms with van der Waals surface area (Å²) in [5.74, 6) is -1.24. The number of thiophene rings is 1. The van der Waals surface area contributed by atoms with Gasteiger partial charge in [-0.2, -0.15) is 4.31 Å². The Kier molecular flexibility index (Phi) is 5.88. The van der Waals surface area contributed by atoms with Gasteiger partial charge in [0.1, 0.15) is 9.77 Å². The number of rotatable bonds is 8. The van der Waals surface area contributed by atoms with Gasteiger partial charge >= 0.3 is 5.97 Å². The third-order valence-corrected chi connectivity index (χ3v) is 5.86. The van der Waals surface area contributed by atoms with Crippen molar-refractivity contribution in [1.82, 2.24) is 4.31 Å². The highest BCUT2D eigenvalue weighted by Gasteiger charge is 2.31. The summed E-state index contributed by atoms with van der Waals surface area (Å²) in [4.78, 5) is 10.8. The molecule has 1 heterocycles. The molecular weight excluding hydrogens is 302 g/mol. The minimum atomic E-state index is -3.89. The maximum absolute atomic E-state index is 12.6. The van der Waals surface area contributed by atoms with Crippen molar-refractivity contribution in [1.29, 1.82) is 0 Å². The van der Waals surface area contributed by atoms with Crippen LogP contribution in [0.2, 0.25) is 0 Å². The lowest BCUT2D eigenvalue weighted by Gasteiger charge is -2.20. The second-order valence-corrected chi connectivity index (χ2v) is 6.78. The summed E-state index contributed by atoms with van der Waals surface area (Å²) in [5, 5.41) is 10.6. The number of hydrogen-bond donors (Lipinski definition) is 1. The number of hydrogen-bond acceptors (Lipinski definition) is 5. The second-order valence-electron chi connectivity index (χ2n) is 4.03. The molecule has 0 saturated heterocycles. The van der Waals surface area contributed by atoms with Crippen LogP contribution >= 0.6 is 11.3 Å². The van der Waals surface area contributed by atoms with Crippen LogP contribution in [-0.4, -0.2) is 50.6 Å². The molecule has 0 aliphatic carbocycles. The van der Waals surface area contributed by atoms with Crippen LogP contribution in [-0.2, 0) is 14.8 Å². The molecule has 0 aliphatic rings. The summed E-state index contributed by atoms with van der Waals surface area (Å²) in [5.41, 5.74) is 0.430. The van der Waals surface area contributed by atoms with Gasteiger partial charge in [0.15, 0.2) is 0 Å². The van der Waals surface area contributed by atoms with Gasteiger partial charge in [-0.1, -0.05) is 6.08 Å². The standard InChI is InChI=1S/C12H17NO5S2/c1-4-5-13(6-7-18-3)20(16,17)11-9(2)8-19-10(11)12(14)15/h4,8H,1,5-7H2,2-3H3,(H,14,15). The van der Waals surface area contributed by atoms with Crippen molar-refractivity contribution in [3.05, 3.63) is 28.5 Å². The molecule has 1 aromatic rings. The number of carboxylic acid groups (broad SMARTS) is 1. The Hall–Kier alpha value is -1.22. The molecule has 6 nitrogen and oxygen atoms in total. The van der Waals surface area contributed by atoms with Gasteiger partial charge in [0.25, 0.3) is 0 Å². The van der Waals surface area contributed by atoms with Gasteiger partial charge in [-0.3, -0.25) is 0 Å². The average Bonchev–Trinajstić information content (AvgIpc) is 2.77. The van der Waals surface area contributed by atoms with Crippen molar-refractivity contribution < 1.29 is 23.1 Å². The molecule has 8 heteroatoms. The van der Waals surface area contributed by atoms with E-state index in [0.29, 0.717) is 5.56 Å². The topological polar surface area (TPSA) is 83.9 Å². The molecule has 0 saturated carbocycles. The SMILES string of the molecule is C=CCN(CCOC)S(=O)(=O)c1c(C)csc1C(=O)O. The Morgan fingerprint density at radius 1 is 1.60 bits per heavy atom. The first-order chi connectivity index (χ1) is 9.36. The van der Waals surface area contributed by atoms with Crippen molar-refractivity contribution in [2.24, 2.45) is 0 Å². The first-order valence-corrected chi connectivity index (χ1v) is 8.09. The molecule has 0 aliphatic heterocycles. The molecule has 1 N–H and O–H groups in total. The number of carboxylic acids is 1. The summed E-state index contributed by atoms with van der Waals surface area (Å²) in [7, 11) is -2.42. The molecule has 0 amide bonds. The Morgan fingerprint density at radius 3 is 2.75 bits per heavy atom. The average molecular weight is 319 g/mol. The third kappa shape index (κ3) is 3.45. The Bertz CT molecular complexity index is 591. The van der Waals surface area contributed by atoms with E-state index in [-0.39, 0.29) is 29.5 Å². The fourth-order valence-electron chi connectivity index (χ4n) is 1.68. The Morgan fingerprint density at radius 2 is 2.25 bits per heavy atom. The number of methoxy groups -OCH3 is 1. The van der Waals surface area contributed by atoms with Crippen molar-refractivity contribution in [3.63, 3.8) is 0 Å². The molecule has 0 unspecified atom stereocenters. The van der Waals surface area contributed by atoms with Crippen LogP contribution in [0.5, 0.6) is 0 Å². The van der Waals surface area contributed by atoms with Crippen LogP contribution in [0.25, 0.3) is 0 Å². The minimum Gasteiger partial charge on any atom is -0.477 e. The van der Waals surface area contributed by atoms with Crippen LogP contribution in [0.3, 0.4) is 0 Å². The highest BCUT2D eigenvalue weighted by Crippen LogP contribution is 2.29. The molecule has 1 rings (SSSR count). The van der Waals surface area contributed by atoms with E-state index in [0.717, 1.165) is 15.6 Å². The van der Waals surface area contributed by atoms with E-state index >= 15 is 0 Å². The van der Waals surface area contributed by atoms with Gasteiger partial charge in [0, 0.05) is 20.2 Å². The predicted octanol–water partition coefficient (Wildman–Crippen LogP) is 1.58. The van der Waals surface area contributed by atoms with Gasteiger partial charge in [0.2, 0.25) is 10.0 Å². The quantitative estimate of drug-likeness (QED) is 0.735. The molecule has 0 aromatic carbocycles. The van der Waals surface area contributed by atoms with Gasteiger partial charge < -0.3 is 9.84 Å². The summed E-state index contributed by atoms with van der Waals surface area (Å²) in [6.07, 6.45) is 1.45. The van der Waals surface area contributed by atoms with Crippen molar-refractivity contribution in [3.8, 4) is 0 Å². The largest absolute Gasteiger partial charge is 0.477 e. The fraction of sp³-hybridized carbons (Fsp3) is 0.417. The van der Waals surface area contributed by atoms with E-state index in [1.54, 1.807) is 6.92 Å². The van der Waals surface area contributed by atoms with Crippen LogP contribution < -0.4 is 0 Å². The van der Waals surface area contributed by atoms with Crippen molar-refractivity contribution in [2.45, 2.75) is 11.8 Å². The third-order valence-electron chi connectivity index (χ3n) is 2.59. The Balaban J connectivity index is 3.29. The molecular formula is C12H17NO5S2. The number of sulfonamides is 1. The zero-order valence-electron chi connectivity index (χ0n) is 11.3. The molecule has 0 spiro atoms. The smallest absolute Gasteiger partial charge is 0.347 e. The lowest BCUT2D eigenvalue weighted by molar-refractivity contribution is 0.0698. The second kappa shape index (κ2) is 6.98. The number of nitrogens with zero attached hydrogens (tertiary/aromatic N) is 1. The molecule has 0 fully saturated rings. The van der Waals surface area contributed by atoms with Crippen molar-refractivity contribution in [2.75, 3.05) is 26.8 Å². The first-order valence-electron chi connectivity index (χ1n) is 5.77. The highest BCUT2D eigenvalue weighted by molar-refractivity contribution is 7.89. The molecule has 1 aromatic heterocycles. The van der Waals surface area contributed by atoms with E-state index in [1.165, 1.54) is 18.6 Å². The number of ether oxygens (including phenoxy) is 1. The molecule has 112 valence electrons. The fourth-order valence-corrected chi connectivity index (χ4v) is 4.66. The van der Waals surface area contributed by atoms with Gasteiger partial charge in [-0.05, 0) is 17.9 Å². The monoisotopic (exact) mass is 319 g/mol. The summed E-state index contributed by atoms with van der Waals surface area (Å²) in [6, 6.07) is 0. The number of carbonyl (C=O) groups is 1. The number of aromatic carboxylic acids is 1. The van der Waals surface area contributed by atoms with Crippen LogP contribution in [0.1, 0.15) is 15.2 Å².